The standard InChI is InChI=1S/C13H11N3OS/c1-17-11-7-10(15-13(14)16-11)9-4-2-3-8-5-6-18-12(8)9/h2-7H,1H3,(H2,14,15,16). The van der Waals surface area contributed by atoms with Crippen LogP contribution in [0.25, 0.3) is 21.3 Å². The molecule has 0 aliphatic rings. The Morgan fingerprint density at radius 3 is 2.94 bits per heavy atom. The van der Waals surface area contributed by atoms with Crippen molar-refractivity contribution in [3.63, 3.8) is 0 Å². The maximum absolute atomic E-state index is 5.69. The lowest BCUT2D eigenvalue weighted by molar-refractivity contribution is 0.398. The summed E-state index contributed by atoms with van der Waals surface area (Å²) in [5, 5.41) is 3.27. The van der Waals surface area contributed by atoms with E-state index in [-0.39, 0.29) is 5.95 Å². The number of hydrogen-bond donors (Lipinski definition) is 1. The topological polar surface area (TPSA) is 61.0 Å². The number of thiophene rings is 1. The van der Waals surface area contributed by atoms with E-state index in [4.69, 9.17) is 10.5 Å². The van der Waals surface area contributed by atoms with Crippen LogP contribution in [0, 0.1) is 0 Å². The minimum absolute atomic E-state index is 0.220. The zero-order valence-corrected chi connectivity index (χ0v) is 10.6. The Hall–Kier alpha value is -2.14. The summed E-state index contributed by atoms with van der Waals surface area (Å²) >= 11 is 1.69. The van der Waals surface area contributed by atoms with Crippen LogP contribution in [0.4, 0.5) is 5.95 Å². The predicted octanol–water partition coefficient (Wildman–Crippen LogP) is 2.95. The van der Waals surface area contributed by atoms with Crippen LogP contribution in [0.1, 0.15) is 0 Å². The molecule has 2 heterocycles. The first-order valence-electron chi connectivity index (χ1n) is 5.43. The number of benzene rings is 1. The van der Waals surface area contributed by atoms with E-state index in [1.165, 1.54) is 10.1 Å². The van der Waals surface area contributed by atoms with Gasteiger partial charge in [0.1, 0.15) is 0 Å². The lowest BCUT2D eigenvalue weighted by Gasteiger charge is -2.06. The van der Waals surface area contributed by atoms with Crippen molar-refractivity contribution in [2.75, 3.05) is 12.8 Å². The fraction of sp³-hybridized carbons (Fsp3) is 0.0769. The molecule has 5 heteroatoms. The molecule has 2 N–H and O–H groups in total. The van der Waals surface area contributed by atoms with Crippen LogP contribution >= 0.6 is 11.3 Å². The van der Waals surface area contributed by atoms with Crippen molar-refractivity contribution in [2.45, 2.75) is 0 Å². The van der Waals surface area contributed by atoms with E-state index >= 15 is 0 Å². The third kappa shape index (κ3) is 1.78. The van der Waals surface area contributed by atoms with Crippen molar-refractivity contribution in [2.24, 2.45) is 0 Å². The van der Waals surface area contributed by atoms with E-state index < -0.39 is 0 Å². The second-order valence-corrected chi connectivity index (χ2v) is 4.71. The molecule has 0 bridgehead atoms. The number of nitrogen functional groups attached to an aromatic ring is 1. The maximum atomic E-state index is 5.69. The van der Waals surface area contributed by atoms with Crippen LogP contribution in [0.3, 0.4) is 0 Å². The molecule has 0 amide bonds. The summed E-state index contributed by atoms with van der Waals surface area (Å²) in [6.07, 6.45) is 0. The second-order valence-electron chi connectivity index (χ2n) is 3.80. The molecule has 3 aromatic rings. The Morgan fingerprint density at radius 1 is 1.22 bits per heavy atom. The molecule has 0 unspecified atom stereocenters. The van der Waals surface area contributed by atoms with Gasteiger partial charge in [-0.15, -0.1) is 11.3 Å². The largest absolute Gasteiger partial charge is 0.481 e. The van der Waals surface area contributed by atoms with Crippen LogP contribution in [0.15, 0.2) is 35.7 Å². The van der Waals surface area contributed by atoms with Gasteiger partial charge in [-0.25, -0.2) is 4.98 Å². The highest BCUT2D eigenvalue weighted by atomic mass is 32.1. The molecule has 4 nitrogen and oxygen atoms in total. The summed E-state index contributed by atoms with van der Waals surface area (Å²) in [5.74, 6) is 0.698. The van der Waals surface area contributed by atoms with Gasteiger partial charge in [-0.1, -0.05) is 18.2 Å². The number of hydrogen-bond acceptors (Lipinski definition) is 5. The van der Waals surface area contributed by atoms with E-state index in [9.17, 15) is 0 Å². The monoisotopic (exact) mass is 257 g/mol. The van der Waals surface area contributed by atoms with Gasteiger partial charge in [0, 0.05) is 16.3 Å². The second kappa shape index (κ2) is 4.27. The summed E-state index contributed by atoms with van der Waals surface area (Å²) in [6.45, 7) is 0. The minimum atomic E-state index is 0.220. The summed E-state index contributed by atoms with van der Waals surface area (Å²) in [4.78, 5) is 8.27. The van der Waals surface area contributed by atoms with E-state index in [0.29, 0.717) is 5.88 Å². The Labute approximate surface area is 108 Å². The predicted molar refractivity (Wildman–Crippen MR) is 73.8 cm³/mol. The first kappa shape index (κ1) is 11.0. The van der Waals surface area contributed by atoms with Crippen LogP contribution in [-0.2, 0) is 0 Å². The van der Waals surface area contributed by atoms with Crippen LogP contribution in [0.2, 0.25) is 0 Å². The quantitative estimate of drug-likeness (QED) is 0.766. The number of nitrogens with zero attached hydrogens (tertiary/aromatic N) is 2. The highest BCUT2D eigenvalue weighted by Gasteiger charge is 2.09. The number of ether oxygens (including phenoxy) is 1. The summed E-state index contributed by atoms with van der Waals surface area (Å²) in [6, 6.07) is 10.0. The van der Waals surface area contributed by atoms with Crippen LogP contribution < -0.4 is 10.5 Å². The van der Waals surface area contributed by atoms with Gasteiger partial charge >= 0.3 is 0 Å². The number of fused-ring (bicyclic) bond motifs is 1. The average Bonchev–Trinajstić information content (AvgIpc) is 2.85. The Kier molecular flexibility index (Phi) is 2.60. The number of rotatable bonds is 2. The molecule has 18 heavy (non-hydrogen) atoms. The summed E-state index contributed by atoms with van der Waals surface area (Å²) in [7, 11) is 1.57. The third-order valence-electron chi connectivity index (χ3n) is 2.68. The highest BCUT2D eigenvalue weighted by molar-refractivity contribution is 7.17. The van der Waals surface area contributed by atoms with Crippen molar-refractivity contribution >= 4 is 27.4 Å². The third-order valence-corrected chi connectivity index (χ3v) is 3.65. The van der Waals surface area contributed by atoms with Gasteiger partial charge in [0.15, 0.2) is 0 Å². The molecule has 3 rings (SSSR count). The summed E-state index contributed by atoms with van der Waals surface area (Å²) in [5.41, 5.74) is 7.53. The van der Waals surface area contributed by atoms with E-state index in [2.05, 4.69) is 27.5 Å². The van der Waals surface area contributed by atoms with E-state index in [1.54, 1.807) is 24.5 Å². The molecule has 0 atom stereocenters. The molecule has 2 aromatic heterocycles. The first-order chi connectivity index (χ1) is 8.78. The molecule has 1 aromatic carbocycles. The van der Waals surface area contributed by atoms with Gasteiger partial charge in [-0.05, 0) is 16.8 Å². The van der Waals surface area contributed by atoms with Crippen molar-refractivity contribution in [1.82, 2.24) is 9.97 Å². The molecule has 0 radical (unpaired) electrons. The van der Waals surface area contributed by atoms with Gasteiger partial charge < -0.3 is 10.5 Å². The molecule has 0 aliphatic heterocycles. The lowest BCUT2D eigenvalue weighted by Crippen LogP contribution is -1.99. The lowest BCUT2D eigenvalue weighted by atomic mass is 10.1. The van der Waals surface area contributed by atoms with Gasteiger partial charge in [0.2, 0.25) is 11.8 Å². The molecular weight excluding hydrogens is 246 g/mol. The number of nitrogens with two attached hydrogens (primary N) is 1. The molecule has 0 saturated carbocycles. The van der Waals surface area contributed by atoms with Crippen molar-refractivity contribution in [3.05, 3.63) is 35.7 Å². The van der Waals surface area contributed by atoms with Crippen LogP contribution in [0.5, 0.6) is 5.88 Å². The Balaban J connectivity index is 2.25. The van der Waals surface area contributed by atoms with Crippen molar-refractivity contribution in [3.8, 4) is 17.1 Å². The highest BCUT2D eigenvalue weighted by Crippen LogP contribution is 2.32. The van der Waals surface area contributed by atoms with Gasteiger partial charge in [0.05, 0.1) is 12.8 Å². The Bertz CT molecular complexity index is 708. The van der Waals surface area contributed by atoms with E-state index in [1.807, 2.05) is 12.1 Å². The SMILES string of the molecule is COc1cc(-c2cccc3ccsc23)nc(N)n1. The molecular formula is C13H11N3OS. The minimum Gasteiger partial charge on any atom is -0.481 e. The average molecular weight is 257 g/mol. The molecule has 90 valence electrons. The zero-order chi connectivity index (χ0) is 12.5. The number of anilines is 1. The van der Waals surface area contributed by atoms with Crippen molar-refractivity contribution in [1.29, 1.82) is 0 Å². The maximum Gasteiger partial charge on any atom is 0.223 e. The fourth-order valence-corrected chi connectivity index (χ4v) is 2.80. The number of aromatic nitrogens is 2. The first-order valence-corrected chi connectivity index (χ1v) is 6.31. The smallest absolute Gasteiger partial charge is 0.223 e. The normalized spacial score (nSPS) is 10.7. The number of methoxy groups -OCH3 is 1. The zero-order valence-electron chi connectivity index (χ0n) is 9.75. The van der Waals surface area contributed by atoms with Crippen molar-refractivity contribution < 1.29 is 4.74 Å². The fourth-order valence-electron chi connectivity index (χ4n) is 1.88. The van der Waals surface area contributed by atoms with Gasteiger partial charge in [-0.3, -0.25) is 0 Å². The molecule has 0 saturated heterocycles. The van der Waals surface area contributed by atoms with E-state index in [0.717, 1.165) is 11.3 Å². The van der Waals surface area contributed by atoms with Crippen LogP contribution in [-0.4, -0.2) is 17.1 Å². The summed E-state index contributed by atoms with van der Waals surface area (Å²) < 4.78 is 6.32. The molecule has 0 fully saturated rings. The van der Waals surface area contributed by atoms with Gasteiger partial charge in [-0.2, -0.15) is 4.98 Å². The molecule has 0 aliphatic carbocycles. The Morgan fingerprint density at radius 2 is 2.11 bits per heavy atom. The van der Waals surface area contributed by atoms with Gasteiger partial charge in [0.25, 0.3) is 0 Å². The molecule has 0 spiro atoms.